The predicted octanol–water partition coefficient (Wildman–Crippen LogP) is 3.31. The van der Waals surface area contributed by atoms with E-state index < -0.39 is 0 Å². The topological polar surface area (TPSA) is 47.7 Å². The summed E-state index contributed by atoms with van der Waals surface area (Å²) in [6.45, 7) is 11.3. The molecule has 0 aliphatic heterocycles. The Balaban J connectivity index is 1.89. The lowest BCUT2D eigenvalue weighted by Crippen LogP contribution is -2.11. The average molecular weight is 289 g/mol. The monoisotopic (exact) mass is 289 g/mol. The van der Waals surface area contributed by atoms with Crippen LogP contribution in [0.25, 0.3) is 0 Å². The first-order valence-electron chi connectivity index (χ1n) is 7.89. The number of rotatable bonds is 8. The Labute approximate surface area is 127 Å². The number of hydrogen-bond acceptors (Lipinski definition) is 3. The zero-order valence-electron chi connectivity index (χ0n) is 13.7. The van der Waals surface area contributed by atoms with Crippen LogP contribution < -0.4 is 5.32 Å². The van der Waals surface area contributed by atoms with E-state index in [9.17, 15) is 0 Å². The summed E-state index contributed by atoms with van der Waals surface area (Å²) in [5.74, 6) is 0.995. The molecule has 0 fully saturated rings. The van der Waals surface area contributed by atoms with E-state index in [-0.39, 0.29) is 0 Å². The highest BCUT2D eigenvalue weighted by atomic mass is 15.3. The lowest BCUT2D eigenvalue weighted by atomic mass is 10.3. The first-order chi connectivity index (χ1) is 10.1. The van der Waals surface area contributed by atoms with E-state index in [1.807, 2.05) is 13.8 Å². The van der Waals surface area contributed by atoms with E-state index in [1.165, 1.54) is 18.5 Å². The minimum atomic E-state index is 0.950. The Morgan fingerprint density at radius 2 is 1.90 bits per heavy atom. The number of nitrogens with one attached hydrogen (secondary N) is 1. The number of nitrogens with zero attached hydrogens (tertiary/aromatic N) is 4. The summed E-state index contributed by atoms with van der Waals surface area (Å²) in [6.07, 6.45) is 5.55. The van der Waals surface area contributed by atoms with Crippen molar-refractivity contribution in [3.63, 3.8) is 0 Å². The van der Waals surface area contributed by atoms with Crippen LogP contribution in [0.1, 0.15) is 43.3 Å². The second-order valence-electron chi connectivity index (χ2n) is 5.68. The molecule has 0 radical (unpaired) electrons. The molecule has 0 saturated carbocycles. The SMILES string of the molecule is CCCCNc1nc(C)cn1CCCn1nc(C)cc1C. The Hall–Kier alpha value is -1.78. The largest absolute Gasteiger partial charge is 0.356 e. The van der Waals surface area contributed by atoms with E-state index in [0.29, 0.717) is 0 Å². The molecule has 116 valence electrons. The van der Waals surface area contributed by atoms with Crippen molar-refractivity contribution in [1.29, 1.82) is 0 Å². The van der Waals surface area contributed by atoms with Crippen molar-refractivity contribution in [3.8, 4) is 0 Å². The molecule has 5 nitrogen and oxygen atoms in total. The molecule has 2 rings (SSSR count). The van der Waals surface area contributed by atoms with Crippen molar-refractivity contribution in [2.24, 2.45) is 0 Å². The summed E-state index contributed by atoms with van der Waals surface area (Å²) < 4.78 is 4.31. The summed E-state index contributed by atoms with van der Waals surface area (Å²) in [5.41, 5.74) is 3.39. The van der Waals surface area contributed by atoms with Crippen LogP contribution in [0.3, 0.4) is 0 Å². The second kappa shape index (κ2) is 7.29. The van der Waals surface area contributed by atoms with Gasteiger partial charge in [0, 0.05) is 31.5 Å². The van der Waals surface area contributed by atoms with Crippen LogP contribution in [0.2, 0.25) is 0 Å². The molecule has 21 heavy (non-hydrogen) atoms. The van der Waals surface area contributed by atoms with Crippen molar-refractivity contribution < 1.29 is 0 Å². The third-order valence-electron chi connectivity index (χ3n) is 3.58. The van der Waals surface area contributed by atoms with E-state index in [2.05, 4.69) is 50.8 Å². The summed E-state index contributed by atoms with van der Waals surface area (Å²) in [4.78, 5) is 4.56. The van der Waals surface area contributed by atoms with Crippen LogP contribution in [-0.4, -0.2) is 25.9 Å². The molecular formula is C16H27N5. The van der Waals surface area contributed by atoms with Gasteiger partial charge < -0.3 is 9.88 Å². The smallest absolute Gasteiger partial charge is 0.203 e. The fraction of sp³-hybridized carbons (Fsp3) is 0.625. The molecule has 0 amide bonds. The number of aromatic nitrogens is 4. The standard InChI is InChI=1S/C16H27N5/c1-5-6-8-17-16-18-14(3)12-20(16)9-7-10-21-15(4)11-13(2)19-21/h11-12H,5-10H2,1-4H3,(H,17,18). The van der Waals surface area contributed by atoms with E-state index in [0.717, 1.165) is 43.4 Å². The average Bonchev–Trinajstić information content (AvgIpc) is 2.93. The Bertz CT molecular complexity index is 567. The maximum Gasteiger partial charge on any atom is 0.203 e. The molecule has 0 bridgehead atoms. The molecule has 0 unspecified atom stereocenters. The van der Waals surface area contributed by atoms with Gasteiger partial charge in [0.2, 0.25) is 5.95 Å². The van der Waals surface area contributed by atoms with Crippen molar-refractivity contribution in [2.75, 3.05) is 11.9 Å². The Morgan fingerprint density at radius 3 is 2.57 bits per heavy atom. The minimum absolute atomic E-state index is 0.950. The van der Waals surface area contributed by atoms with Crippen LogP contribution >= 0.6 is 0 Å². The second-order valence-corrected chi connectivity index (χ2v) is 5.68. The van der Waals surface area contributed by atoms with E-state index in [1.54, 1.807) is 0 Å². The van der Waals surface area contributed by atoms with Gasteiger partial charge in [-0.05, 0) is 39.7 Å². The predicted molar refractivity (Wildman–Crippen MR) is 86.7 cm³/mol. The van der Waals surface area contributed by atoms with Crippen LogP contribution in [0.4, 0.5) is 5.95 Å². The number of hydrogen-bond donors (Lipinski definition) is 1. The van der Waals surface area contributed by atoms with Gasteiger partial charge in [-0.25, -0.2) is 4.98 Å². The number of imidazole rings is 1. The highest BCUT2D eigenvalue weighted by molar-refractivity contribution is 5.28. The van der Waals surface area contributed by atoms with Gasteiger partial charge in [0.1, 0.15) is 0 Å². The molecular weight excluding hydrogens is 262 g/mol. The fourth-order valence-electron chi connectivity index (χ4n) is 2.53. The van der Waals surface area contributed by atoms with Gasteiger partial charge in [0.15, 0.2) is 0 Å². The summed E-state index contributed by atoms with van der Waals surface area (Å²) in [5, 5.41) is 7.93. The lowest BCUT2D eigenvalue weighted by molar-refractivity contribution is 0.517. The van der Waals surface area contributed by atoms with Gasteiger partial charge in [0.05, 0.1) is 11.4 Å². The fourth-order valence-corrected chi connectivity index (χ4v) is 2.53. The molecule has 2 heterocycles. The molecule has 0 aliphatic carbocycles. The van der Waals surface area contributed by atoms with Crippen molar-refractivity contribution >= 4 is 5.95 Å². The molecule has 2 aromatic heterocycles. The zero-order chi connectivity index (χ0) is 15.2. The van der Waals surface area contributed by atoms with Gasteiger partial charge in [0.25, 0.3) is 0 Å². The first-order valence-corrected chi connectivity index (χ1v) is 7.89. The molecule has 0 spiro atoms. The maximum atomic E-state index is 4.56. The number of unbranched alkanes of at least 4 members (excludes halogenated alkanes) is 1. The minimum Gasteiger partial charge on any atom is -0.356 e. The van der Waals surface area contributed by atoms with Crippen LogP contribution in [0.5, 0.6) is 0 Å². The molecule has 5 heteroatoms. The third-order valence-corrected chi connectivity index (χ3v) is 3.58. The van der Waals surface area contributed by atoms with Crippen molar-refractivity contribution in [2.45, 2.75) is 60.0 Å². The molecule has 0 aromatic carbocycles. The maximum absolute atomic E-state index is 4.56. The Morgan fingerprint density at radius 1 is 1.10 bits per heavy atom. The van der Waals surface area contributed by atoms with Gasteiger partial charge in [-0.1, -0.05) is 13.3 Å². The highest BCUT2D eigenvalue weighted by Crippen LogP contribution is 2.11. The van der Waals surface area contributed by atoms with Gasteiger partial charge >= 0.3 is 0 Å². The van der Waals surface area contributed by atoms with E-state index in [4.69, 9.17) is 0 Å². The molecule has 2 aromatic rings. The highest BCUT2D eigenvalue weighted by Gasteiger charge is 2.06. The van der Waals surface area contributed by atoms with Crippen molar-refractivity contribution in [1.82, 2.24) is 19.3 Å². The summed E-state index contributed by atoms with van der Waals surface area (Å²) >= 11 is 0. The quantitative estimate of drug-likeness (QED) is 0.758. The lowest BCUT2D eigenvalue weighted by Gasteiger charge is -2.10. The molecule has 0 aliphatic rings. The number of anilines is 1. The summed E-state index contributed by atoms with van der Waals surface area (Å²) in [6, 6.07) is 2.12. The third kappa shape index (κ3) is 4.34. The van der Waals surface area contributed by atoms with Crippen molar-refractivity contribution in [3.05, 3.63) is 29.3 Å². The Kier molecular flexibility index (Phi) is 5.42. The van der Waals surface area contributed by atoms with Gasteiger partial charge in [-0.15, -0.1) is 0 Å². The normalized spacial score (nSPS) is 11.0. The molecule has 0 saturated heterocycles. The van der Waals surface area contributed by atoms with E-state index >= 15 is 0 Å². The van der Waals surface area contributed by atoms with Gasteiger partial charge in [-0.2, -0.15) is 5.10 Å². The number of aryl methyl sites for hydroxylation is 5. The summed E-state index contributed by atoms with van der Waals surface area (Å²) in [7, 11) is 0. The molecule has 1 N–H and O–H groups in total. The van der Waals surface area contributed by atoms with Gasteiger partial charge in [-0.3, -0.25) is 4.68 Å². The van der Waals surface area contributed by atoms with Crippen LogP contribution in [-0.2, 0) is 13.1 Å². The zero-order valence-corrected chi connectivity index (χ0v) is 13.7. The van der Waals surface area contributed by atoms with Crippen LogP contribution in [0, 0.1) is 20.8 Å². The molecule has 0 atom stereocenters. The first kappa shape index (κ1) is 15.6. The van der Waals surface area contributed by atoms with Crippen LogP contribution in [0.15, 0.2) is 12.3 Å².